The van der Waals surface area contributed by atoms with Crippen molar-refractivity contribution in [3.05, 3.63) is 47.5 Å². The number of aromatic nitrogens is 3. The Labute approximate surface area is 106 Å². The van der Waals surface area contributed by atoms with Crippen LogP contribution in [0.2, 0.25) is 0 Å². The zero-order valence-electron chi connectivity index (χ0n) is 10.5. The summed E-state index contributed by atoms with van der Waals surface area (Å²) in [6.45, 7) is 2.79. The van der Waals surface area contributed by atoms with Gasteiger partial charge in [0.2, 0.25) is 0 Å². The van der Waals surface area contributed by atoms with Gasteiger partial charge in [0.1, 0.15) is 12.2 Å². The monoisotopic (exact) mass is 241 g/mol. The maximum Gasteiger partial charge on any atom is 0.149 e. The second-order valence-corrected chi connectivity index (χ2v) is 4.21. The van der Waals surface area contributed by atoms with Crippen LogP contribution in [0, 0.1) is 11.3 Å². The number of benzene rings is 1. The quantitative estimate of drug-likeness (QED) is 0.881. The average molecular weight is 241 g/mol. The molecule has 5 heteroatoms. The van der Waals surface area contributed by atoms with E-state index in [1.165, 1.54) is 0 Å². The summed E-state index contributed by atoms with van der Waals surface area (Å²) >= 11 is 0. The number of nitrogens with one attached hydrogen (secondary N) is 1. The van der Waals surface area contributed by atoms with Gasteiger partial charge in [0, 0.05) is 13.6 Å². The first-order valence-electron chi connectivity index (χ1n) is 5.77. The lowest BCUT2D eigenvalue weighted by molar-refractivity contribution is 0.528. The van der Waals surface area contributed by atoms with Crippen molar-refractivity contribution in [2.24, 2.45) is 7.05 Å². The molecule has 0 aliphatic carbocycles. The van der Waals surface area contributed by atoms with Gasteiger partial charge in [-0.25, -0.2) is 0 Å². The SMILES string of the molecule is CC(NCc1ccc(C#N)cc1)c1nncn1C. The Morgan fingerprint density at radius 2 is 2.11 bits per heavy atom. The standard InChI is InChI=1S/C13H15N5/c1-10(13-17-16-9-18(13)2)15-8-12-5-3-11(7-14)4-6-12/h3-6,9-10,15H,8H2,1-2H3. The van der Waals surface area contributed by atoms with Crippen molar-refractivity contribution < 1.29 is 0 Å². The first kappa shape index (κ1) is 12.3. The van der Waals surface area contributed by atoms with Gasteiger partial charge in [0.25, 0.3) is 0 Å². The summed E-state index contributed by atoms with van der Waals surface area (Å²) in [6, 6.07) is 9.79. The summed E-state index contributed by atoms with van der Waals surface area (Å²) in [5.41, 5.74) is 1.82. The summed E-state index contributed by atoms with van der Waals surface area (Å²) < 4.78 is 1.90. The maximum absolute atomic E-state index is 8.72. The van der Waals surface area contributed by atoms with Gasteiger partial charge < -0.3 is 9.88 Å². The predicted molar refractivity (Wildman–Crippen MR) is 67.4 cm³/mol. The van der Waals surface area contributed by atoms with Crippen LogP contribution in [0.15, 0.2) is 30.6 Å². The molecular formula is C13H15N5. The molecule has 0 saturated heterocycles. The van der Waals surface area contributed by atoms with Crippen LogP contribution in [0.4, 0.5) is 0 Å². The minimum Gasteiger partial charge on any atom is -0.319 e. The van der Waals surface area contributed by atoms with E-state index in [-0.39, 0.29) is 6.04 Å². The van der Waals surface area contributed by atoms with Gasteiger partial charge in [0.05, 0.1) is 17.7 Å². The third-order valence-corrected chi connectivity index (χ3v) is 2.83. The van der Waals surface area contributed by atoms with Crippen molar-refractivity contribution >= 4 is 0 Å². The number of nitrogens with zero attached hydrogens (tertiary/aromatic N) is 4. The lowest BCUT2D eigenvalue weighted by Gasteiger charge is -2.12. The molecule has 92 valence electrons. The van der Waals surface area contributed by atoms with Crippen molar-refractivity contribution in [3.63, 3.8) is 0 Å². The van der Waals surface area contributed by atoms with Gasteiger partial charge in [-0.1, -0.05) is 12.1 Å². The molecule has 2 aromatic rings. The molecule has 1 atom stereocenters. The number of hydrogen-bond donors (Lipinski definition) is 1. The second-order valence-electron chi connectivity index (χ2n) is 4.21. The zero-order chi connectivity index (χ0) is 13.0. The average Bonchev–Trinajstić information content (AvgIpc) is 2.83. The Kier molecular flexibility index (Phi) is 3.70. The van der Waals surface area contributed by atoms with Crippen LogP contribution in [0.3, 0.4) is 0 Å². The van der Waals surface area contributed by atoms with Crippen LogP contribution in [-0.2, 0) is 13.6 Å². The van der Waals surface area contributed by atoms with Gasteiger partial charge in [-0.05, 0) is 24.6 Å². The fourth-order valence-corrected chi connectivity index (χ4v) is 1.74. The molecule has 0 aliphatic rings. The van der Waals surface area contributed by atoms with Crippen LogP contribution >= 0.6 is 0 Å². The highest BCUT2D eigenvalue weighted by Crippen LogP contribution is 2.09. The van der Waals surface area contributed by atoms with E-state index >= 15 is 0 Å². The van der Waals surface area contributed by atoms with E-state index in [4.69, 9.17) is 5.26 Å². The van der Waals surface area contributed by atoms with E-state index in [9.17, 15) is 0 Å². The molecule has 1 aromatic heterocycles. The topological polar surface area (TPSA) is 66.5 Å². The Morgan fingerprint density at radius 3 is 2.67 bits per heavy atom. The van der Waals surface area contributed by atoms with Crippen molar-refractivity contribution in [2.45, 2.75) is 19.5 Å². The van der Waals surface area contributed by atoms with Gasteiger partial charge in [-0.3, -0.25) is 0 Å². The van der Waals surface area contributed by atoms with Crippen molar-refractivity contribution in [2.75, 3.05) is 0 Å². The highest BCUT2D eigenvalue weighted by atomic mass is 15.3. The largest absolute Gasteiger partial charge is 0.319 e. The summed E-state index contributed by atoms with van der Waals surface area (Å²) in [6.07, 6.45) is 1.69. The molecule has 18 heavy (non-hydrogen) atoms. The molecule has 2 rings (SSSR count). The minimum absolute atomic E-state index is 0.133. The lowest BCUT2D eigenvalue weighted by Crippen LogP contribution is -2.21. The third-order valence-electron chi connectivity index (χ3n) is 2.83. The Hall–Kier alpha value is -2.19. The normalized spacial score (nSPS) is 12.1. The van der Waals surface area contributed by atoms with E-state index in [0.717, 1.165) is 17.9 Å². The third kappa shape index (κ3) is 2.73. The van der Waals surface area contributed by atoms with Crippen LogP contribution in [0.5, 0.6) is 0 Å². The molecule has 0 fully saturated rings. The lowest BCUT2D eigenvalue weighted by atomic mass is 10.1. The van der Waals surface area contributed by atoms with E-state index < -0.39 is 0 Å². The summed E-state index contributed by atoms with van der Waals surface area (Å²) in [4.78, 5) is 0. The molecule has 0 bridgehead atoms. The predicted octanol–water partition coefficient (Wildman–Crippen LogP) is 1.54. The van der Waals surface area contributed by atoms with E-state index in [1.54, 1.807) is 6.33 Å². The van der Waals surface area contributed by atoms with E-state index in [2.05, 4.69) is 21.6 Å². The molecule has 1 heterocycles. The van der Waals surface area contributed by atoms with E-state index in [0.29, 0.717) is 5.56 Å². The molecule has 0 aliphatic heterocycles. The fourth-order valence-electron chi connectivity index (χ4n) is 1.74. The zero-order valence-corrected chi connectivity index (χ0v) is 10.5. The number of hydrogen-bond acceptors (Lipinski definition) is 4. The smallest absolute Gasteiger partial charge is 0.149 e. The molecule has 1 unspecified atom stereocenters. The first-order valence-corrected chi connectivity index (χ1v) is 5.77. The molecule has 0 radical (unpaired) electrons. The summed E-state index contributed by atoms with van der Waals surface area (Å²) in [5, 5.41) is 20.0. The number of aryl methyl sites for hydroxylation is 1. The van der Waals surface area contributed by atoms with Crippen LogP contribution in [0.25, 0.3) is 0 Å². The van der Waals surface area contributed by atoms with Gasteiger partial charge in [-0.2, -0.15) is 5.26 Å². The van der Waals surface area contributed by atoms with Crippen molar-refractivity contribution in [3.8, 4) is 6.07 Å². The van der Waals surface area contributed by atoms with Gasteiger partial charge in [0.15, 0.2) is 0 Å². The second kappa shape index (κ2) is 5.43. The summed E-state index contributed by atoms with van der Waals surface area (Å²) in [7, 11) is 1.93. The van der Waals surface area contributed by atoms with Crippen molar-refractivity contribution in [1.29, 1.82) is 5.26 Å². The summed E-state index contributed by atoms with van der Waals surface area (Å²) in [5.74, 6) is 0.906. The first-order chi connectivity index (χ1) is 8.70. The number of nitriles is 1. The Morgan fingerprint density at radius 1 is 1.39 bits per heavy atom. The van der Waals surface area contributed by atoms with Crippen LogP contribution in [0.1, 0.15) is 29.9 Å². The van der Waals surface area contributed by atoms with E-state index in [1.807, 2.05) is 42.8 Å². The molecule has 1 aromatic carbocycles. The molecule has 0 spiro atoms. The number of rotatable bonds is 4. The van der Waals surface area contributed by atoms with Crippen LogP contribution in [-0.4, -0.2) is 14.8 Å². The Bertz CT molecular complexity index is 550. The minimum atomic E-state index is 0.133. The highest BCUT2D eigenvalue weighted by molar-refractivity contribution is 5.31. The molecule has 0 saturated carbocycles. The van der Waals surface area contributed by atoms with Crippen molar-refractivity contribution in [1.82, 2.24) is 20.1 Å². The molecule has 0 amide bonds. The molecule has 5 nitrogen and oxygen atoms in total. The van der Waals surface area contributed by atoms with Crippen LogP contribution < -0.4 is 5.32 Å². The fraction of sp³-hybridized carbons (Fsp3) is 0.308. The molecule has 1 N–H and O–H groups in total. The van der Waals surface area contributed by atoms with Gasteiger partial charge in [-0.15, -0.1) is 10.2 Å². The Balaban J connectivity index is 1.95. The van der Waals surface area contributed by atoms with Gasteiger partial charge >= 0.3 is 0 Å². The molecular weight excluding hydrogens is 226 g/mol. The highest BCUT2D eigenvalue weighted by Gasteiger charge is 2.10. The maximum atomic E-state index is 8.72.